The average Bonchev–Trinajstić information content (AvgIpc) is 3.13. The summed E-state index contributed by atoms with van der Waals surface area (Å²) in [4.78, 5) is 10.1. The van der Waals surface area contributed by atoms with Gasteiger partial charge in [-0.2, -0.15) is 5.26 Å². The summed E-state index contributed by atoms with van der Waals surface area (Å²) >= 11 is 0. The Labute approximate surface area is 99.2 Å². The van der Waals surface area contributed by atoms with Gasteiger partial charge in [0.2, 0.25) is 0 Å². The van der Waals surface area contributed by atoms with Crippen LogP contribution in [-0.2, 0) is 0 Å². The van der Waals surface area contributed by atoms with Gasteiger partial charge in [-0.1, -0.05) is 0 Å². The van der Waals surface area contributed by atoms with E-state index in [0.29, 0.717) is 23.2 Å². The van der Waals surface area contributed by atoms with Gasteiger partial charge in [0.25, 0.3) is 5.69 Å². The lowest BCUT2D eigenvalue weighted by Crippen LogP contribution is -2.17. The predicted molar refractivity (Wildman–Crippen MR) is 63.6 cm³/mol. The number of nitro groups is 1. The third-order valence-corrected chi connectivity index (χ3v) is 3.05. The van der Waals surface area contributed by atoms with E-state index in [4.69, 9.17) is 5.26 Å². The van der Waals surface area contributed by atoms with E-state index in [2.05, 4.69) is 12.2 Å². The first-order chi connectivity index (χ1) is 8.11. The van der Waals surface area contributed by atoms with Crippen molar-refractivity contribution in [2.75, 3.05) is 5.32 Å². The van der Waals surface area contributed by atoms with Crippen LogP contribution in [0.25, 0.3) is 0 Å². The van der Waals surface area contributed by atoms with Gasteiger partial charge in [0, 0.05) is 18.2 Å². The molecule has 1 aromatic carbocycles. The van der Waals surface area contributed by atoms with Crippen molar-refractivity contribution in [2.45, 2.75) is 25.8 Å². The maximum atomic E-state index is 10.6. The number of nitrogens with one attached hydrogen (secondary N) is 1. The SMILES string of the molecule is C[C@H](Nc1ccc([N+](=O)[O-])cc1C#N)C1CC1. The van der Waals surface area contributed by atoms with Gasteiger partial charge >= 0.3 is 0 Å². The summed E-state index contributed by atoms with van der Waals surface area (Å²) in [5, 5.41) is 22.8. The molecule has 0 amide bonds. The minimum Gasteiger partial charge on any atom is -0.381 e. The van der Waals surface area contributed by atoms with Crippen LogP contribution >= 0.6 is 0 Å². The van der Waals surface area contributed by atoms with Gasteiger partial charge in [-0.05, 0) is 31.7 Å². The third kappa shape index (κ3) is 2.53. The first kappa shape index (κ1) is 11.4. The van der Waals surface area contributed by atoms with Crippen LogP contribution in [0.2, 0.25) is 0 Å². The zero-order chi connectivity index (χ0) is 12.4. The zero-order valence-electron chi connectivity index (χ0n) is 9.51. The fourth-order valence-corrected chi connectivity index (χ4v) is 1.82. The van der Waals surface area contributed by atoms with Crippen molar-refractivity contribution in [3.63, 3.8) is 0 Å². The molecule has 0 saturated heterocycles. The van der Waals surface area contributed by atoms with Gasteiger partial charge in [0.05, 0.1) is 16.2 Å². The highest BCUT2D eigenvalue weighted by atomic mass is 16.6. The highest BCUT2D eigenvalue weighted by Crippen LogP contribution is 2.34. The Morgan fingerprint density at radius 2 is 2.29 bits per heavy atom. The number of nitrogens with zero attached hydrogens (tertiary/aromatic N) is 2. The molecule has 0 heterocycles. The molecule has 17 heavy (non-hydrogen) atoms. The number of hydrogen-bond acceptors (Lipinski definition) is 4. The molecule has 1 saturated carbocycles. The Bertz CT molecular complexity index is 489. The minimum absolute atomic E-state index is 0.0498. The zero-order valence-corrected chi connectivity index (χ0v) is 9.51. The molecule has 0 radical (unpaired) electrons. The molecule has 5 nitrogen and oxygen atoms in total. The largest absolute Gasteiger partial charge is 0.381 e. The summed E-state index contributed by atoms with van der Waals surface area (Å²) in [6.07, 6.45) is 2.42. The predicted octanol–water partition coefficient (Wildman–Crippen LogP) is 2.68. The number of nitro benzene ring substituents is 1. The van der Waals surface area contributed by atoms with Crippen LogP contribution in [0.4, 0.5) is 11.4 Å². The summed E-state index contributed by atoms with van der Waals surface area (Å²) in [7, 11) is 0. The van der Waals surface area contributed by atoms with Crippen molar-refractivity contribution in [3.05, 3.63) is 33.9 Å². The van der Waals surface area contributed by atoms with E-state index in [1.54, 1.807) is 6.07 Å². The molecular formula is C12H13N3O2. The molecule has 1 fully saturated rings. The van der Waals surface area contributed by atoms with Gasteiger partial charge in [-0.15, -0.1) is 0 Å². The van der Waals surface area contributed by atoms with Crippen LogP contribution in [0, 0.1) is 27.4 Å². The van der Waals surface area contributed by atoms with Crippen LogP contribution in [0.15, 0.2) is 18.2 Å². The van der Waals surface area contributed by atoms with Crippen molar-refractivity contribution in [1.82, 2.24) is 0 Å². The van der Waals surface area contributed by atoms with Crippen LogP contribution in [0.3, 0.4) is 0 Å². The standard InChI is InChI=1S/C12H13N3O2/c1-8(9-2-3-9)14-12-5-4-11(15(16)17)6-10(12)7-13/h4-6,8-9,14H,2-3H2,1H3/t8-/m0/s1. The molecule has 1 N–H and O–H groups in total. The number of benzene rings is 1. The molecule has 0 aromatic heterocycles. The number of rotatable bonds is 4. The second-order valence-corrected chi connectivity index (χ2v) is 4.37. The van der Waals surface area contributed by atoms with Gasteiger partial charge in [0.1, 0.15) is 6.07 Å². The summed E-state index contributed by atoms with van der Waals surface area (Å²) in [6.45, 7) is 2.07. The molecule has 1 atom stereocenters. The van der Waals surface area contributed by atoms with Gasteiger partial charge in [0.15, 0.2) is 0 Å². The first-order valence-electron chi connectivity index (χ1n) is 5.57. The fourth-order valence-electron chi connectivity index (χ4n) is 1.82. The van der Waals surface area contributed by atoms with Gasteiger partial charge in [-0.3, -0.25) is 10.1 Å². The number of hydrogen-bond donors (Lipinski definition) is 1. The number of nitriles is 1. The molecule has 88 valence electrons. The maximum absolute atomic E-state index is 10.6. The minimum atomic E-state index is -0.491. The van der Waals surface area contributed by atoms with E-state index in [0.717, 1.165) is 0 Å². The van der Waals surface area contributed by atoms with E-state index < -0.39 is 4.92 Å². The van der Waals surface area contributed by atoms with Crippen molar-refractivity contribution in [3.8, 4) is 6.07 Å². The molecule has 0 aliphatic heterocycles. The lowest BCUT2D eigenvalue weighted by molar-refractivity contribution is -0.384. The van der Waals surface area contributed by atoms with Crippen LogP contribution < -0.4 is 5.32 Å². The first-order valence-corrected chi connectivity index (χ1v) is 5.57. The lowest BCUT2D eigenvalue weighted by atomic mass is 10.1. The summed E-state index contributed by atoms with van der Waals surface area (Å²) in [5.74, 6) is 0.664. The van der Waals surface area contributed by atoms with Gasteiger partial charge < -0.3 is 5.32 Å². The quantitative estimate of drug-likeness (QED) is 0.638. The van der Waals surface area contributed by atoms with E-state index in [1.807, 2.05) is 6.07 Å². The molecule has 2 rings (SSSR count). The molecule has 1 aliphatic carbocycles. The number of anilines is 1. The highest BCUT2D eigenvalue weighted by molar-refractivity contribution is 5.61. The van der Waals surface area contributed by atoms with Gasteiger partial charge in [-0.25, -0.2) is 0 Å². The topological polar surface area (TPSA) is 79.0 Å². The smallest absolute Gasteiger partial charge is 0.270 e. The summed E-state index contributed by atoms with van der Waals surface area (Å²) < 4.78 is 0. The Morgan fingerprint density at radius 1 is 1.59 bits per heavy atom. The summed E-state index contributed by atoms with van der Waals surface area (Å²) in [6, 6.07) is 6.63. The Balaban J connectivity index is 2.21. The average molecular weight is 231 g/mol. The third-order valence-electron chi connectivity index (χ3n) is 3.05. The maximum Gasteiger partial charge on any atom is 0.270 e. The van der Waals surface area contributed by atoms with E-state index in [9.17, 15) is 10.1 Å². The monoisotopic (exact) mass is 231 g/mol. The van der Waals surface area contributed by atoms with E-state index in [-0.39, 0.29) is 5.69 Å². The van der Waals surface area contributed by atoms with Crippen molar-refractivity contribution < 1.29 is 4.92 Å². The van der Waals surface area contributed by atoms with Crippen LogP contribution in [-0.4, -0.2) is 11.0 Å². The molecule has 0 bridgehead atoms. The second-order valence-electron chi connectivity index (χ2n) is 4.37. The molecule has 1 aliphatic rings. The Kier molecular flexibility index (Phi) is 2.96. The molecule has 1 aromatic rings. The summed E-state index contributed by atoms with van der Waals surface area (Å²) in [5.41, 5.74) is 0.954. The highest BCUT2D eigenvalue weighted by Gasteiger charge is 2.28. The second kappa shape index (κ2) is 4.42. The van der Waals surface area contributed by atoms with Crippen LogP contribution in [0.1, 0.15) is 25.3 Å². The molecule has 0 spiro atoms. The van der Waals surface area contributed by atoms with Crippen LogP contribution in [0.5, 0.6) is 0 Å². The van der Waals surface area contributed by atoms with E-state index >= 15 is 0 Å². The van der Waals surface area contributed by atoms with E-state index in [1.165, 1.54) is 25.0 Å². The lowest BCUT2D eigenvalue weighted by Gasteiger charge is -2.15. The van der Waals surface area contributed by atoms with Crippen molar-refractivity contribution >= 4 is 11.4 Å². The van der Waals surface area contributed by atoms with Crippen molar-refractivity contribution in [1.29, 1.82) is 5.26 Å². The van der Waals surface area contributed by atoms with Crippen molar-refractivity contribution in [2.24, 2.45) is 5.92 Å². The Morgan fingerprint density at radius 3 is 2.82 bits per heavy atom. The normalized spacial score (nSPS) is 16.0. The molecule has 5 heteroatoms. The fraction of sp³-hybridized carbons (Fsp3) is 0.417. The Hall–Kier alpha value is -2.09. The molecular weight excluding hydrogens is 218 g/mol. The number of non-ortho nitro benzene ring substituents is 1. The molecule has 0 unspecified atom stereocenters.